The summed E-state index contributed by atoms with van der Waals surface area (Å²) in [5.74, 6) is 0.488. The molecule has 0 bridgehead atoms. The van der Waals surface area contributed by atoms with Gasteiger partial charge in [-0.05, 0) is 18.7 Å². The van der Waals surface area contributed by atoms with Crippen molar-refractivity contribution in [3.63, 3.8) is 0 Å². The van der Waals surface area contributed by atoms with Gasteiger partial charge < -0.3 is 5.73 Å². The smallest absolute Gasteiger partial charge is 0.189 e. The lowest BCUT2D eigenvalue weighted by molar-refractivity contribution is 0.955. The van der Waals surface area contributed by atoms with Gasteiger partial charge >= 0.3 is 0 Å². The summed E-state index contributed by atoms with van der Waals surface area (Å²) in [6.45, 7) is 1.87. The Balaban J connectivity index is 2.29. The Morgan fingerprint density at radius 1 is 1.29 bits per heavy atom. The molecule has 6 nitrogen and oxygen atoms in total. The number of nitrogen functional groups attached to an aromatic ring is 1. The number of anilines is 1. The third-order valence-electron chi connectivity index (χ3n) is 1.66. The molecule has 7 heteroatoms. The zero-order valence-electron chi connectivity index (χ0n) is 7.43. The van der Waals surface area contributed by atoms with Crippen molar-refractivity contribution in [2.24, 2.45) is 0 Å². The first-order valence-electron chi connectivity index (χ1n) is 3.87. The molecule has 0 aliphatic heterocycles. The van der Waals surface area contributed by atoms with Crippen molar-refractivity contribution >= 4 is 17.6 Å². The molecule has 2 rings (SSSR count). The molecule has 0 radical (unpaired) electrons. The Labute approximate surface area is 84.4 Å². The molecular weight excluding hydrogens is 200 g/mol. The van der Waals surface area contributed by atoms with Crippen LogP contribution in [0, 0.1) is 6.92 Å². The van der Waals surface area contributed by atoms with Gasteiger partial charge in [0.05, 0.1) is 0 Å². The average Bonchev–Trinajstić information content (AvgIpc) is 2.66. The SMILES string of the molecule is Cc1c(N)ncnc1Sc1ncn[nH]1. The van der Waals surface area contributed by atoms with E-state index in [1.165, 1.54) is 24.4 Å². The second-order valence-corrected chi connectivity index (χ2v) is 3.56. The van der Waals surface area contributed by atoms with E-state index in [0.29, 0.717) is 11.0 Å². The van der Waals surface area contributed by atoms with Crippen molar-refractivity contribution in [2.45, 2.75) is 17.1 Å². The van der Waals surface area contributed by atoms with E-state index in [4.69, 9.17) is 5.73 Å². The summed E-state index contributed by atoms with van der Waals surface area (Å²) < 4.78 is 0. The van der Waals surface area contributed by atoms with Crippen molar-refractivity contribution in [1.29, 1.82) is 0 Å². The van der Waals surface area contributed by atoms with Crippen molar-refractivity contribution in [3.05, 3.63) is 18.2 Å². The molecule has 2 aromatic rings. The number of aromatic nitrogens is 5. The summed E-state index contributed by atoms with van der Waals surface area (Å²) in [5, 5.41) is 7.94. The first-order chi connectivity index (χ1) is 6.77. The van der Waals surface area contributed by atoms with E-state index < -0.39 is 0 Å². The molecule has 0 fully saturated rings. The fraction of sp³-hybridized carbons (Fsp3) is 0.143. The highest BCUT2D eigenvalue weighted by Gasteiger charge is 2.07. The number of hydrogen-bond donors (Lipinski definition) is 2. The summed E-state index contributed by atoms with van der Waals surface area (Å²) in [6, 6.07) is 0. The summed E-state index contributed by atoms with van der Waals surface area (Å²) >= 11 is 1.37. The maximum Gasteiger partial charge on any atom is 0.189 e. The molecular formula is C7H8N6S. The van der Waals surface area contributed by atoms with Crippen molar-refractivity contribution in [1.82, 2.24) is 25.1 Å². The number of rotatable bonds is 2. The van der Waals surface area contributed by atoms with Gasteiger partial charge in [0.15, 0.2) is 5.16 Å². The third-order valence-corrected chi connectivity index (χ3v) is 2.66. The van der Waals surface area contributed by atoms with Crippen LogP contribution in [0.15, 0.2) is 22.8 Å². The van der Waals surface area contributed by atoms with Crippen LogP contribution in [0.4, 0.5) is 5.82 Å². The zero-order chi connectivity index (χ0) is 9.97. The predicted octanol–water partition coefficient (Wildman–Crippen LogP) is 0.637. The highest BCUT2D eigenvalue weighted by Crippen LogP contribution is 2.26. The molecule has 0 amide bonds. The Bertz CT molecular complexity index is 426. The minimum absolute atomic E-state index is 0.488. The number of nitrogens with two attached hydrogens (primary N) is 1. The second kappa shape index (κ2) is 3.62. The molecule has 0 unspecified atom stereocenters. The molecule has 0 saturated carbocycles. The van der Waals surface area contributed by atoms with Crippen molar-refractivity contribution in [2.75, 3.05) is 5.73 Å². The molecule has 72 valence electrons. The van der Waals surface area contributed by atoms with Gasteiger partial charge in [0.1, 0.15) is 23.5 Å². The quantitative estimate of drug-likeness (QED) is 0.703. The van der Waals surface area contributed by atoms with E-state index in [0.717, 1.165) is 10.6 Å². The lowest BCUT2D eigenvalue weighted by atomic mass is 10.4. The Morgan fingerprint density at radius 3 is 2.86 bits per heavy atom. The van der Waals surface area contributed by atoms with Crippen LogP contribution < -0.4 is 5.73 Å². The van der Waals surface area contributed by atoms with Crippen LogP contribution in [0.3, 0.4) is 0 Å². The van der Waals surface area contributed by atoms with Gasteiger partial charge in [0.25, 0.3) is 0 Å². The van der Waals surface area contributed by atoms with Gasteiger partial charge in [-0.2, -0.15) is 5.10 Å². The van der Waals surface area contributed by atoms with Gasteiger partial charge in [0.2, 0.25) is 0 Å². The summed E-state index contributed by atoms with van der Waals surface area (Å²) in [6.07, 6.45) is 2.88. The van der Waals surface area contributed by atoms with Gasteiger partial charge in [-0.25, -0.2) is 15.0 Å². The van der Waals surface area contributed by atoms with Crippen LogP contribution in [0.1, 0.15) is 5.56 Å². The predicted molar refractivity (Wildman–Crippen MR) is 51.7 cm³/mol. The average molecular weight is 208 g/mol. The van der Waals surface area contributed by atoms with E-state index in [-0.39, 0.29) is 0 Å². The minimum Gasteiger partial charge on any atom is -0.383 e. The zero-order valence-corrected chi connectivity index (χ0v) is 8.25. The Morgan fingerprint density at radius 2 is 2.14 bits per heavy atom. The molecule has 2 heterocycles. The number of H-pyrrole nitrogens is 1. The molecule has 0 atom stereocenters. The maximum absolute atomic E-state index is 5.64. The summed E-state index contributed by atoms with van der Waals surface area (Å²) in [4.78, 5) is 12.0. The van der Waals surface area contributed by atoms with Crippen LogP contribution in [-0.4, -0.2) is 25.1 Å². The standard InChI is InChI=1S/C7H8N6S/c1-4-5(8)9-2-10-6(4)14-7-11-3-12-13-7/h2-3H,1H3,(H2,8,9,10)(H,11,12,13). The number of nitrogens with one attached hydrogen (secondary N) is 1. The van der Waals surface area contributed by atoms with Crippen molar-refractivity contribution in [3.8, 4) is 0 Å². The van der Waals surface area contributed by atoms with E-state index >= 15 is 0 Å². The minimum atomic E-state index is 0.488. The van der Waals surface area contributed by atoms with Crippen molar-refractivity contribution < 1.29 is 0 Å². The van der Waals surface area contributed by atoms with Gasteiger partial charge in [-0.3, -0.25) is 5.10 Å². The monoisotopic (exact) mass is 208 g/mol. The first kappa shape index (κ1) is 8.95. The van der Waals surface area contributed by atoms with E-state index in [1.807, 2.05) is 6.92 Å². The second-order valence-electron chi connectivity index (χ2n) is 2.58. The van der Waals surface area contributed by atoms with Crippen LogP contribution >= 0.6 is 11.8 Å². The van der Waals surface area contributed by atoms with E-state index in [2.05, 4.69) is 25.1 Å². The van der Waals surface area contributed by atoms with E-state index in [9.17, 15) is 0 Å². The normalized spacial score (nSPS) is 10.4. The van der Waals surface area contributed by atoms with Crippen LogP contribution in [-0.2, 0) is 0 Å². The molecule has 0 saturated heterocycles. The lowest BCUT2D eigenvalue weighted by Crippen LogP contribution is -1.97. The molecule has 0 aromatic carbocycles. The molecule has 3 N–H and O–H groups in total. The Kier molecular flexibility index (Phi) is 2.32. The largest absolute Gasteiger partial charge is 0.383 e. The molecule has 14 heavy (non-hydrogen) atoms. The van der Waals surface area contributed by atoms with Gasteiger partial charge in [-0.15, -0.1) is 0 Å². The van der Waals surface area contributed by atoms with Crippen LogP contribution in [0.2, 0.25) is 0 Å². The molecule has 0 aliphatic rings. The highest BCUT2D eigenvalue weighted by atomic mass is 32.2. The number of aromatic amines is 1. The van der Waals surface area contributed by atoms with Crippen LogP contribution in [0.25, 0.3) is 0 Å². The lowest BCUT2D eigenvalue weighted by Gasteiger charge is -2.02. The molecule has 2 aromatic heterocycles. The number of hydrogen-bond acceptors (Lipinski definition) is 6. The fourth-order valence-corrected chi connectivity index (χ4v) is 1.62. The van der Waals surface area contributed by atoms with Gasteiger partial charge in [0, 0.05) is 5.56 Å². The first-order valence-corrected chi connectivity index (χ1v) is 4.69. The summed E-state index contributed by atoms with van der Waals surface area (Å²) in [7, 11) is 0. The maximum atomic E-state index is 5.64. The number of nitrogens with zero attached hydrogens (tertiary/aromatic N) is 4. The van der Waals surface area contributed by atoms with E-state index in [1.54, 1.807) is 0 Å². The van der Waals surface area contributed by atoms with Crippen LogP contribution in [0.5, 0.6) is 0 Å². The topological polar surface area (TPSA) is 93.4 Å². The Hall–Kier alpha value is -1.63. The highest BCUT2D eigenvalue weighted by molar-refractivity contribution is 7.99. The van der Waals surface area contributed by atoms with Gasteiger partial charge in [-0.1, -0.05) is 0 Å². The third kappa shape index (κ3) is 1.67. The summed E-state index contributed by atoms with van der Waals surface area (Å²) in [5.41, 5.74) is 6.49. The fourth-order valence-electron chi connectivity index (χ4n) is 0.885. The molecule has 0 aliphatic carbocycles. The molecule has 0 spiro atoms.